The number of amides is 2. The van der Waals surface area contributed by atoms with E-state index < -0.39 is 5.97 Å². The van der Waals surface area contributed by atoms with Crippen LogP contribution >= 0.6 is 0 Å². The maximum Gasteiger partial charge on any atom is 0.325 e. The second-order valence-electron chi connectivity index (χ2n) is 8.76. The molecule has 1 aliphatic carbocycles. The van der Waals surface area contributed by atoms with Gasteiger partial charge in [0.15, 0.2) is 0 Å². The smallest absolute Gasteiger partial charge is 0.325 e. The Morgan fingerprint density at radius 3 is 2.59 bits per heavy atom. The van der Waals surface area contributed by atoms with Crippen LogP contribution in [0.15, 0.2) is 18.2 Å². The predicted molar refractivity (Wildman–Crippen MR) is 122 cm³/mol. The van der Waals surface area contributed by atoms with Gasteiger partial charge in [0.1, 0.15) is 0 Å². The van der Waals surface area contributed by atoms with Crippen LogP contribution in [0.25, 0.3) is 0 Å². The number of carboxylic acids is 1. The van der Waals surface area contributed by atoms with Crippen molar-refractivity contribution in [1.82, 2.24) is 10.2 Å². The molecule has 0 radical (unpaired) electrons. The summed E-state index contributed by atoms with van der Waals surface area (Å²) in [6.45, 7) is 3.66. The van der Waals surface area contributed by atoms with E-state index in [1.807, 2.05) is 4.90 Å². The first-order chi connectivity index (χ1) is 15.4. The van der Waals surface area contributed by atoms with E-state index in [-0.39, 0.29) is 18.0 Å². The average Bonchev–Trinajstić information content (AvgIpc) is 3.13. The lowest BCUT2D eigenvalue weighted by molar-refractivity contribution is -0.140. The molecule has 2 heterocycles. The summed E-state index contributed by atoms with van der Waals surface area (Å²) >= 11 is 0. The first kappa shape index (κ1) is 24.0. The number of nitrogens with zero attached hydrogens (tertiary/aromatic N) is 2. The summed E-state index contributed by atoms with van der Waals surface area (Å²) in [4.78, 5) is 38.2. The Morgan fingerprint density at radius 1 is 1.19 bits per heavy atom. The second-order valence-corrected chi connectivity index (χ2v) is 8.76. The number of rotatable bonds is 5. The van der Waals surface area contributed by atoms with E-state index in [9.17, 15) is 9.59 Å². The molecule has 8 heteroatoms. The minimum Gasteiger partial charge on any atom is -0.481 e. The predicted octanol–water partition coefficient (Wildman–Crippen LogP) is 3.32. The Morgan fingerprint density at radius 2 is 1.91 bits per heavy atom. The molecule has 0 bridgehead atoms. The van der Waals surface area contributed by atoms with Crippen LogP contribution in [0.1, 0.15) is 63.0 Å². The number of esters is 1. The van der Waals surface area contributed by atoms with Crippen molar-refractivity contribution in [3.05, 3.63) is 29.3 Å². The van der Waals surface area contributed by atoms with Gasteiger partial charge in [0.2, 0.25) is 0 Å². The highest BCUT2D eigenvalue weighted by Gasteiger charge is 2.41. The first-order valence-electron chi connectivity index (χ1n) is 11.6. The molecule has 32 heavy (non-hydrogen) atoms. The first-order valence-corrected chi connectivity index (χ1v) is 11.6. The number of anilines is 1. The van der Waals surface area contributed by atoms with Gasteiger partial charge >= 0.3 is 12.0 Å². The van der Waals surface area contributed by atoms with Crippen LogP contribution in [-0.2, 0) is 27.3 Å². The van der Waals surface area contributed by atoms with Crippen molar-refractivity contribution in [3.8, 4) is 0 Å². The zero-order chi connectivity index (χ0) is 23.1. The number of carbonyl (C=O) groups is 3. The third kappa shape index (κ3) is 6.00. The molecule has 3 aliphatic rings. The van der Waals surface area contributed by atoms with Crippen LogP contribution in [0.2, 0.25) is 0 Å². The molecular formula is C24H35N3O5. The highest BCUT2D eigenvalue weighted by molar-refractivity contribution is 5.95. The molecule has 2 amide bonds. The van der Waals surface area contributed by atoms with Crippen molar-refractivity contribution >= 4 is 23.7 Å². The van der Waals surface area contributed by atoms with Gasteiger partial charge in [-0.25, -0.2) is 4.79 Å². The van der Waals surface area contributed by atoms with Crippen LogP contribution in [0.5, 0.6) is 0 Å². The summed E-state index contributed by atoms with van der Waals surface area (Å²) in [5.74, 6) is -1.04. The van der Waals surface area contributed by atoms with Gasteiger partial charge in [-0.15, -0.1) is 0 Å². The Kier molecular flexibility index (Phi) is 8.50. The van der Waals surface area contributed by atoms with E-state index in [2.05, 4.69) is 28.4 Å². The summed E-state index contributed by atoms with van der Waals surface area (Å²) < 4.78 is 4.83. The fourth-order valence-corrected chi connectivity index (χ4v) is 4.92. The van der Waals surface area contributed by atoms with Crippen molar-refractivity contribution in [2.24, 2.45) is 0 Å². The normalized spacial score (nSPS) is 20.9. The summed E-state index contributed by atoms with van der Waals surface area (Å²) in [6, 6.07) is 6.87. The lowest BCUT2D eigenvalue weighted by atomic mass is 9.94. The fourth-order valence-electron chi connectivity index (χ4n) is 4.92. The van der Waals surface area contributed by atoms with Gasteiger partial charge in [-0.3, -0.25) is 14.5 Å². The Bertz CT molecular complexity index is 818. The van der Waals surface area contributed by atoms with Crippen LogP contribution < -0.4 is 10.2 Å². The summed E-state index contributed by atoms with van der Waals surface area (Å²) in [6.07, 6.45) is 7.84. The van der Waals surface area contributed by atoms with Crippen molar-refractivity contribution < 1.29 is 24.2 Å². The van der Waals surface area contributed by atoms with E-state index in [1.54, 1.807) is 0 Å². The van der Waals surface area contributed by atoms with Crippen molar-refractivity contribution in [2.45, 2.75) is 76.9 Å². The van der Waals surface area contributed by atoms with E-state index in [4.69, 9.17) is 14.6 Å². The van der Waals surface area contributed by atoms with Gasteiger partial charge in [-0.05, 0) is 55.5 Å². The number of hydrogen-bond acceptors (Lipinski definition) is 5. The summed E-state index contributed by atoms with van der Waals surface area (Å²) in [7, 11) is 1.42. The molecule has 0 spiro atoms. The third-order valence-corrected chi connectivity index (χ3v) is 6.50. The third-order valence-electron chi connectivity index (χ3n) is 6.50. The molecule has 1 atom stereocenters. The van der Waals surface area contributed by atoms with Gasteiger partial charge in [0.05, 0.1) is 13.2 Å². The molecule has 176 valence electrons. The maximum atomic E-state index is 13.4. The van der Waals surface area contributed by atoms with Crippen LogP contribution in [0.3, 0.4) is 0 Å². The molecule has 0 aromatic heterocycles. The zero-order valence-corrected chi connectivity index (χ0v) is 19.1. The number of ether oxygens (including phenoxy) is 1. The van der Waals surface area contributed by atoms with Gasteiger partial charge < -0.3 is 20.1 Å². The topological polar surface area (TPSA) is 99.2 Å². The fraction of sp³-hybridized carbons (Fsp3) is 0.625. The molecule has 1 saturated heterocycles. The maximum absolute atomic E-state index is 13.4. The van der Waals surface area contributed by atoms with Crippen molar-refractivity contribution in [3.63, 3.8) is 0 Å². The molecule has 2 fully saturated rings. The van der Waals surface area contributed by atoms with Crippen LogP contribution in [0, 0.1) is 0 Å². The van der Waals surface area contributed by atoms with Crippen LogP contribution in [0.4, 0.5) is 10.5 Å². The highest BCUT2D eigenvalue weighted by Crippen LogP contribution is 2.34. The molecule has 2 aliphatic heterocycles. The van der Waals surface area contributed by atoms with Gasteiger partial charge in [-0.2, -0.15) is 0 Å². The monoisotopic (exact) mass is 445 g/mol. The molecule has 1 aromatic carbocycles. The van der Waals surface area contributed by atoms with Crippen molar-refractivity contribution in [1.29, 1.82) is 0 Å². The van der Waals surface area contributed by atoms with E-state index in [1.165, 1.54) is 37.5 Å². The quantitative estimate of drug-likeness (QED) is 0.675. The lowest BCUT2D eigenvalue weighted by Crippen LogP contribution is -2.40. The average molecular weight is 446 g/mol. The molecule has 1 unspecified atom stereocenters. The number of methoxy groups -OCH3 is 1. The van der Waals surface area contributed by atoms with E-state index in [0.29, 0.717) is 25.4 Å². The minimum atomic E-state index is -0.833. The molecule has 1 saturated carbocycles. The number of aliphatic carboxylic acids is 1. The van der Waals surface area contributed by atoms with Gasteiger partial charge in [0.25, 0.3) is 5.97 Å². The Balaban J connectivity index is 0.000000668. The SMILES string of the molecule is CC(=O)O.COC(=O)CCC1CN(C2CCCCC2)C(=O)N1c1ccc2c(c1)CCNC2. The molecule has 2 N–H and O–H groups in total. The number of carbonyl (C=O) groups excluding carboxylic acids is 2. The van der Waals surface area contributed by atoms with Gasteiger partial charge in [-0.1, -0.05) is 25.3 Å². The van der Waals surface area contributed by atoms with Gasteiger partial charge in [0, 0.05) is 38.2 Å². The lowest BCUT2D eigenvalue weighted by Gasteiger charge is -2.31. The summed E-state index contributed by atoms with van der Waals surface area (Å²) in [5.41, 5.74) is 3.61. The number of hydrogen-bond donors (Lipinski definition) is 2. The van der Waals surface area contributed by atoms with Crippen LogP contribution in [-0.4, -0.2) is 60.3 Å². The molecule has 4 rings (SSSR count). The summed E-state index contributed by atoms with van der Waals surface area (Å²) in [5, 5.41) is 10.8. The van der Waals surface area contributed by atoms with E-state index >= 15 is 0 Å². The number of fused-ring (bicyclic) bond motifs is 1. The molecule has 8 nitrogen and oxygen atoms in total. The number of urea groups is 1. The van der Waals surface area contributed by atoms with Crippen molar-refractivity contribution in [2.75, 3.05) is 25.1 Å². The minimum absolute atomic E-state index is 0.0216. The largest absolute Gasteiger partial charge is 0.481 e. The molecular weight excluding hydrogens is 410 g/mol. The zero-order valence-electron chi connectivity index (χ0n) is 19.1. The Hall–Kier alpha value is -2.61. The number of nitrogens with one attached hydrogen (secondary N) is 1. The second kappa shape index (κ2) is 11.3. The standard InChI is InChI=1S/C22H31N3O3.C2H4O2/c1-28-21(26)10-9-20-15-24(18-5-3-2-4-6-18)22(27)25(20)19-8-7-17-14-23-12-11-16(17)13-19;1-2(3)4/h7-8,13,18,20,23H,2-6,9-12,14-15H2,1H3;1H3,(H,3,4). The Labute approximate surface area is 189 Å². The molecule has 1 aromatic rings. The number of benzene rings is 1. The van der Waals surface area contributed by atoms with E-state index in [0.717, 1.165) is 45.0 Å². The number of carboxylic acid groups (broad SMARTS) is 1. The highest BCUT2D eigenvalue weighted by atomic mass is 16.5.